The van der Waals surface area contributed by atoms with E-state index in [0.29, 0.717) is 6.54 Å². The van der Waals surface area contributed by atoms with Crippen LogP contribution in [0.15, 0.2) is 0 Å². The molecular weight excluding hydrogens is 140 g/mol. The summed E-state index contributed by atoms with van der Waals surface area (Å²) in [7, 11) is 1.98. The fourth-order valence-electron chi connectivity index (χ4n) is 1.49. The molecule has 0 saturated carbocycles. The zero-order valence-electron chi connectivity index (χ0n) is 7.04. The van der Waals surface area contributed by atoms with Gasteiger partial charge in [-0.05, 0) is 13.5 Å². The molecule has 1 rings (SSSR count). The van der Waals surface area contributed by atoms with Gasteiger partial charge in [0, 0.05) is 13.5 Å². The average Bonchev–Trinajstić information content (AvgIpc) is 1.98. The fraction of sp³-hybridized carbons (Fsp3) is 0.875. The monoisotopic (exact) mass is 154 g/mol. The number of rotatable bonds is 0. The summed E-state index contributed by atoms with van der Waals surface area (Å²) < 4.78 is 0. The molecule has 0 amide bonds. The van der Waals surface area contributed by atoms with E-state index in [4.69, 9.17) is 6.57 Å². The van der Waals surface area contributed by atoms with Crippen LogP contribution in [-0.4, -0.2) is 41.8 Å². The third-order valence-corrected chi connectivity index (χ3v) is 2.35. The average molecular weight is 154 g/mol. The molecule has 1 heterocycles. The standard InChI is InChI=1S/C8H14N2O/c1-8(9-2)6-10(3)5-4-7(8)11/h7,11H,4-6H2,1,3H3. The summed E-state index contributed by atoms with van der Waals surface area (Å²) in [6, 6.07) is 0. The van der Waals surface area contributed by atoms with Gasteiger partial charge < -0.3 is 9.95 Å². The van der Waals surface area contributed by atoms with Crippen LogP contribution in [0.2, 0.25) is 0 Å². The van der Waals surface area contributed by atoms with Gasteiger partial charge in [0.25, 0.3) is 5.54 Å². The SMILES string of the molecule is [C-]#[N+]C1(C)CN(C)CCC1O. The summed E-state index contributed by atoms with van der Waals surface area (Å²) in [6.07, 6.45) is 0.270. The number of hydrogen-bond donors (Lipinski definition) is 1. The molecule has 0 aromatic heterocycles. The topological polar surface area (TPSA) is 27.8 Å². The fourth-order valence-corrected chi connectivity index (χ4v) is 1.49. The molecular formula is C8H14N2O. The molecule has 0 spiro atoms. The van der Waals surface area contributed by atoms with Crippen molar-refractivity contribution >= 4 is 0 Å². The molecule has 0 aliphatic carbocycles. The highest BCUT2D eigenvalue weighted by Crippen LogP contribution is 2.23. The summed E-state index contributed by atoms with van der Waals surface area (Å²) in [5, 5.41) is 9.51. The van der Waals surface area contributed by atoms with E-state index in [9.17, 15) is 5.11 Å². The lowest BCUT2D eigenvalue weighted by atomic mass is 9.89. The number of aliphatic hydroxyl groups excluding tert-OH is 1. The molecule has 2 unspecified atom stereocenters. The van der Waals surface area contributed by atoms with Gasteiger partial charge in [0.2, 0.25) is 0 Å². The first-order valence-corrected chi connectivity index (χ1v) is 3.84. The maximum Gasteiger partial charge on any atom is 0.267 e. The van der Waals surface area contributed by atoms with Crippen molar-refractivity contribution in [3.8, 4) is 0 Å². The largest absolute Gasteiger partial charge is 0.385 e. The maximum absolute atomic E-state index is 9.51. The van der Waals surface area contributed by atoms with E-state index in [1.54, 1.807) is 0 Å². The number of aliphatic hydroxyl groups is 1. The van der Waals surface area contributed by atoms with Gasteiger partial charge >= 0.3 is 0 Å². The van der Waals surface area contributed by atoms with Crippen LogP contribution in [0.1, 0.15) is 13.3 Å². The molecule has 0 bridgehead atoms. The lowest BCUT2D eigenvalue weighted by Crippen LogP contribution is -2.51. The molecule has 1 aliphatic rings. The predicted octanol–water partition coefficient (Wildman–Crippen LogP) is 0.361. The van der Waals surface area contributed by atoms with Crippen LogP contribution in [0.4, 0.5) is 0 Å². The molecule has 11 heavy (non-hydrogen) atoms. The second-order valence-electron chi connectivity index (χ2n) is 3.51. The maximum atomic E-state index is 9.51. The summed E-state index contributed by atoms with van der Waals surface area (Å²) in [5.74, 6) is 0. The van der Waals surface area contributed by atoms with E-state index >= 15 is 0 Å². The van der Waals surface area contributed by atoms with Crippen molar-refractivity contribution in [1.29, 1.82) is 0 Å². The molecule has 1 saturated heterocycles. The molecule has 62 valence electrons. The van der Waals surface area contributed by atoms with Crippen molar-refractivity contribution in [3.05, 3.63) is 11.4 Å². The summed E-state index contributed by atoms with van der Waals surface area (Å²) >= 11 is 0. The second-order valence-corrected chi connectivity index (χ2v) is 3.51. The lowest BCUT2D eigenvalue weighted by Gasteiger charge is -2.33. The Morgan fingerprint density at radius 3 is 2.82 bits per heavy atom. The van der Waals surface area contributed by atoms with Crippen LogP contribution in [0, 0.1) is 6.57 Å². The number of piperidine rings is 1. The molecule has 3 nitrogen and oxygen atoms in total. The molecule has 2 atom stereocenters. The van der Waals surface area contributed by atoms with Crippen LogP contribution in [0.25, 0.3) is 4.85 Å². The van der Waals surface area contributed by atoms with Gasteiger partial charge in [-0.1, -0.05) is 0 Å². The predicted molar refractivity (Wildman–Crippen MR) is 43.1 cm³/mol. The van der Waals surface area contributed by atoms with Crippen molar-refractivity contribution in [2.45, 2.75) is 25.0 Å². The Bertz CT molecular complexity index is 187. The highest BCUT2D eigenvalue weighted by molar-refractivity contribution is 5.04. The van der Waals surface area contributed by atoms with Gasteiger partial charge in [0.15, 0.2) is 0 Å². The minimum Gasteiger partial charge on any atom is -0.385 e. The Balaban J connectivity index is 2.70. The molecule has 3 heteroatoms. The zero-order chi connectivity index (χ0) is 8.48. The molecule has 0 aromatic carbocycles. The Morgan fingerprint density at radius 2 is 2.36 bits per heavy atom. The van der Waals surface area contributed by atoms with Gasteiger partial charge in [-0.3, -0.25) is 4.90 Å². The normalized spacial score (nSPS) is 40.0. The van der Waals surface area contributed by atoms with E-state index in [1.165, 1.54) is 0 Å². The van der Waals surface area contributed by atoms with E-state index in [1.807, 2.05) is 14.0 Å². The molecule has 0 aromatic rings. The van der Waals surface area contributed by atoms with Crippen LogP contribution in [-0.2, 0) is 0 Å². The lowest BCUT2D eigenvalue weighted by molar-refractivity contribution is 0.0435. The van der Waals surface area contributed by atoms with Crippen LogP contribution in [0.5, 0.6) is 0 Å². The summed E-state index contributed by atoms with van der Waals surface area (Å²) in [5.41, 5.74) is -0.576. The third kappa shape index (κ3) is 1.52. The Hall–Kier alpha value is -0.590. The first-order valence-electron chi connectivity index (χ1n) is 3.84. The summed E-state index contributed by atoms with van der Waals surface area (Å²) in [4.78, 5) is 5.56. The molecule has 0 radical (unpaired) electrons. The molecule has 1 aliphatic heterocycles. The first-order chi connectivity index (χ1) is 5.08. The minimum absolute atomic E-state index is 0.448. The highest BCUT2D eigenvalue weighted by atomic mass is 16.3. The second kappa shape index (κ2) is 2.80. The van der Waals surface area contributed by atoms with Crippen LogP contribution < -0.4 is 0 Å². The number of hydrogen-bond acceptors (Lipinski definition) is 2. The van der Waals surface area contributed by atoms with E-state index in [-0.39, 0.29) is 0 Å². The van der Waals surface area contributed by atoms with Crippen molar-refractivity contribution in [3.63, 3.8) is 0 Å². The van der Waals surface area contributed by atoms with Crippen LogP contribution in [0.3, 0.4) is 0 Å². The van der Waals surface area contributed by atoms with Gasteiger partial charge in [0.05, 0.1) is 6.54 Å². The quantitative estimate of drug-likeness (QED) is 0.510. The molecule has 1 N–H and O–H groups in total. The van der Waals surface area contributed by atoms with Crippen LogP contribution >= 0.6 is 0 Å². The smallest absolute Gasteiger partial charge is 0.267 e. The van der Waals surface area contributed by atoms with Gasteiger partial charge in [0.1, 0.15) is 6.10 Å². The minimum atomic E-state index is -0.576. The zero-order valence-corrected chi connectivity index (χ0v) is 7.04. The highest BCUT2D eigenvalue weighted by Gasteiger charge is 2.43. The number of nitrogens with zero attached hydrogens (tertiary/aromatic N) is 2. The summed E-state index contributed by atoms with van der Waals surface area (Å²) in [6.45, 7) is 10.3. The van der Waals surface area contributed by atoms with Crippen molar-refractivity contribution in [2.75, 3.05) is 20.1 Å². The molecule has 1 fully saturated rings. The van der Waals surface area contributed by atoms with Gasteiger partial charge in [-0.25, -0.2) is 6.57 Å². The van der Waals surface area contributed by atoms with E-state index in [2.05, 4.69) is 9.74 Å². The number of likely N-dealkylation sites (tertiary alicyclic amines) is 1. The number of likely N-dealkylation sites (N-methyl/N-ethyl adjacent to an activating group) is 1. The van der Waals surface area contributed by atoms with Crippen molar-refractivity contribution in [1.82, 2.24) is 4.90 Å². The van der Waals surface area contributed by atoms with E-state index in [0.717, 1.165) is 13.0 Å². The van der Waals surface area contributed by atoms with Crippen molar-refractivity contribution < 1.29 is 5.11 Å². The Morgan fingerprint density at radius 1 is 1.73 bits per heavy atom. The van der Waals surface area contributed by atoms with E-state index < -0.39 is 11.6 Å². The first kappa shape index (κ1) is 8.51. The van der Waals surface area contributed by atoms with Gasteiger partial charge in [-0.2, -0.15) is 0 Å². The Kier molecular flexibility index (Phi) is 2.17. The third-order valence-electron chi connectivity index (χ3n) is 2.35. The van der Waals surface area contributed by atoms with Crippen molar-refractivity contribution in [2.24, 2.45) is 0 Å². The Labute approximate surface area is 67.4 Å². The van der Waals surface area contributed by atoms with Gasteiger partial charge in [-0.15, -0.1) is 0 Å².